The largest absolute Gasteiger partial charge is 0.465 e. The van der Waals surface area contributed by atoms with Crippen molar-refractivity contribution in [3.05, 3.63) is 46.0 Å². The number of amides is 1. The van der Waals surface area contributed by atoms with Crippen molar-refractivity contribution in [3.8, 4) is 0 Å². The lowest BCUT2D eigenvalue weighted by molar-refractivity contribution is 0.151. The third kappa shape index (κ3) is 3.64. The number of likely N-dealkylation sites (tertiary alicyclic amines) is 1. The number of carboxylic acid groups (broad SMARTS) is 1. The van der Waals surface area contributed by atoms with Gasteiger partial charge in [0.2, 0.25) is 0 Å². The number of nitrogens with one attached hydrogen (secondary N) is 1. The van der Waals surface area contributed by atoms with E-state index in [9.17, 15) is 19.1 Å². The molecule has 2 unspecified atom stereocenters. The molecule has 1 aromatic carbocycles. The van der Waals surface area contributed by atoms with E-state index in [4.69, 9.17) is 0 Å². The number of pyridine rings is 1. The predicted octanol–water partition coefficient (Wildman–Crippen LogP) is 3.24. The Morgan fingerprint density at radius 3 is 2.69 bits per heavy atom. The second kappa shape index (κ2) is 7.13. The van der Waals surface area contributed by atoms with Gasteiger partial charge in [0.05, 0.1) is 5.52 Å². The number of rotatable bonds is 4. The SMILES string of the molecule is CC(C)(C)C(NC(=O)O)[C@@H]1CCN(CC2Cn3c(=O)ccc4ccc(F)c2c43)C1. The molecule has 29 heavy (non-hydrogen) atoms. The smallest absolute Gasteiger partial charge is 0.404 e. The fourth-order valence-electron chi connectivity index (χ4n) is 5.21. The zero-order valence-electron chi connectivity index (χ0n) is 17.1. The monoisotopic (exact) mass is 401 g/mol. The predicted molar refractivity (Wildman–Crippen MR) is 110 cm³/mol. The van der Waals surface area contributed by atoms with Crippen LogP contribution in [0.5, 0.6) is 0 Å². The molecule has 2 aliphatic heterocycles. The van der Waals surface area contributed by atoms with Gasteiger partial charge < -0.3 is 19.9 Å². The molecule has 4 rings (SSSR count). The maximum Gasteiger partial charge on any atom is 0.404 e. The first-order valence-electron chi connectivity index (χ1n) is 10.2. The van der Waals surface area contributed by atoms with Crippen LogP contribution in [0, 0.1) is 17.2 Å². The minimum Gasteiger partial charge on any atom is -0.465 e. The van der Waals surface area contributed by atoms with Crippen molar-refractivity contribution in [3.63, 3.8) is 0 Å². The van der Waals surface area contributed by atoms with Crippen LogP contribution in [0.2, 0.25) is 0 Å². The maximum absolute atomic E-state index is 14.7. The van der Waals surface area contributed by atoms with E-state index in [2.05, 4.69) is 10.2 Å². The van der Waals surface area contributed by atoms with Crippen molar-refractivity contribution in [2.24, 2.45) is 11.3 Å². The van der Waals surface area contributed by atoms with Crippen molar-refractivity contribution >= 4 is 17.0 Å². The van der Waals surface area contributed by atoms with Crippen LogP contribution in [-0.2, 0) is 6.54 Å². The van der Waals surface area contributed by atoms with Crippen LogP contribution in [-0.4, -0.2) is 46.3 Å². The summed E-state index contributed by atoms with van der Waals surface area (Å²) >= 11 is 0. The standard InChI is InChI=1S/C22H28FN3O3/c1-22(2,3)20(24-21(28)29)14-8-9-25(10-14)11-15-12-26-17(27)7-5-13-4-6-16(23)18(15)19(13)26/h4-7,14-15,20,24H,8-12H2,1-3H3,(H,28,29)/t14-,15?,20?/m1/s1. The molecule has 156 valence electrons. The second-order valence-electron chi connectivity index (χ2n) is 9.48. The van der Waals surface area contributed by atoms with Crippen molar-refractivity contribution < 1.29 is 14.3 Å². The van der Waals surface area contributed by atoms with Crippen LogP contribution in [0.15, 0.2) is 29.1 Å². The Hall–Kier alpha value is -2.41. The number of hydrogen-bond donors (Lipinski definition) is 2. The van der Waals surface area contributed by atoms with Gasteiger partial charge in [0.15, 0.2) is 0 Å². The molecule has 2 N–H and O–H groups in total. The van der Waals surface area contributed by atoms with Crippen LogP contribution < -0.4 is 10.9 Å². The second-order valence-corrected chi connectivity index (χ2v) is 9.48. The third-order valence-electron chi connectivity index (χ3n) is 6.42. The van der Waals surface area contributed by atoms with Crippen molar-refractivity contribution in [1.29, 1.82) is 0 Å². The number of carbonyl (C=O) groups is 1. The Kier molecular flexibility index (Phi) is 4.89. The van der Waals surface area contributed by atoms with Crippen LogP contribution in [0.4, 0.5) is 9.18 Å². The fourth-order valence-corrected chi connectivity index (χ4v) is 5.21. The van der Waals surface area contributed by atoms with E-state index in [-0.39, 0.29) is 34.7 Å². The molecule has 0 radical (unpaired) electrons. The molecule has 0 aliphatic carbocycles. The number of nitrogens with zero attached hydrogens (tertiary/aromatic N) is 2. The molecular weight excluding hydrogens is 373 g/mol. The van der Waals surface area contributed by atoms with Gasteiger partial charge in [-0.25, -0.2) is 9.18 Å². The first-order valence-corrected chi connectivity index (χ1v) is 10.2. The highest BCUT2D eigenvalue weighted by atomic mass is 19.1. The molecule has 3 atom stereocenters. The first-order chi connectivity index (χ1) is 13.6. The summed E-state index contributed by atoms with van der Waals surface area (Å²) < 4.78 is 16.4. The van der Waals surface area contributed by atoms with Crippen molar-refractivity contribution in [1.82, 2.24) is 14.8 Å². The van der Waals surface area contributed by atoms with Gasteiger partial charge >= 0.3 is 6.09 Å². The molecule has 1 aromatic heterocycles. The van der Waals surface area contributed by atoms with E-state index in [0.29, 0.717) is 18.7 Å². The fraction of sp³-hybridized carbons (Fsp3) is 0.545. The van der Waals surface area contributed by atoms with Crippen LogP contribution in [0.25, 0.3) is 10.9 Å². The lowest BCUT2D eigenvalue weighted by Crippen LogP contribution is -2.49. The Morgan fingerprint density at radius 1 is 1.28 bits per heavy atom. The maximum atomic E-state index is 14.7. The van der Waals surface area contributed by atoms with E-state index in [1.54, 1.807) is 22.8 Å². The zero-order chi connectivity index (χ0) is 20.9. The van der Waals surface area contributed by atoms with Gasteiger partial charge in [-0.05, 0) is 47.9 Å². The van der Waals surface area contributed by atoms with Gasteiger partial charge in [0, 0.05) is 43.2 Å². The normalized spacial score (nSPS) is 22.9. The Morgan fingerprint density at radius 2 is 2.00 bits per heavy atom. The summed E-state index contributed by atoms with van der Waals surface area (Å²) in [6.45, 7) is 8.91. The molecule has 2 aromatic rings. The molecule has 1 saturated heterocycles. The number of aromatic nitrogens is 1. The molecule has 0 spiro atoms. The summed E-state index contributed by atoms with van der Waals surface area (Å²) in [6, 6.07) is 6.38. The van der Waals surface area contributed by atoms with E-state index < -0.39 is 6.09 Å². The van der Waals surface area contributed by atoms with Gasteiger partial charge in [-0.15, -0.1) is 0 Å². The summed E-state index contributed by atoms with van der Waals surface area (Å²) in [6.07, 6.45) is -0.100. The zero-order valence-corrected chi connectivity index (χ0v) is 17.1. The number of benzene rings is 1. The first kappa shape index (κ1) is 19.9. The molecular formula is C22H28FN3O3. The highest BCUT2D eigenvalue weighted by molar-refractivity contribution is 5.84. The molecule has 1 amide bonds. The number of hydrogen-bond acceptors (Lipinski definition) is 3. The lowest BCUT2D eigenvalue weighted by atomic mass is 9.78. The van der Waals surface area contributed by atoms with E-state index in [1.165, 1.54) is 6.07 Å². The summed E-state index contributed by atoms with van der Waals surface area (Å²) in [5, 5.41) is 12.8. The number of halogens is 1. The van der Waals surface area contributed by atoms with Gasteiger partial charge in [0.25, 0.3) is 5.56 Å². The third-order valence-corrected chi connectivity index (χ3v) is 6.42. The molecule has 0 saturated carbocycles. The van der Waals surface area contributed by atoms with Crippen LogP contribution in [0.3, 0.4) is 0 Å². The molecule has 0 bridgehead atoms. The molecule has 6 nitrogen and oxygen atoms in total. The summed E-state index contributed by atoms with van der Waals surface area (Å²) in [5.41, 5.74) is 1.08. The average molecular weight is 401 g/mol. The molecule has 2 aliphatic rings. The van der Waals surface area contributed by atoms with Crippen LogP contribution in [0.1, 0.15) is 38.7 Å². The lowest BCUT2D eigenvalue weighted by Gasteiger charge is -2.35. The Labute approximate surface area is 169 Å². The minimum atomic E-state index is -0.997. The van der Waals surface area contributed by atoms with Gasteiger partial charge in [0.1, 0.15) is 5.82 Å². The van der Waals surface area contributed by atoms with Gasteiger partial charge in [-0.1, -0.05) is 20.8 Å². The molecule has 7 heteroatoms. The Bertz CT molecular complexity index is 1010. The van der Waals surface area contributed by atoms with E-state index in [0.717, 1.165) is 30.4 Å². The Balaban J connectivity index is 1.54. The van der Waals surface area contributed by atoms with Crippen molar-refractivity contribution in [2.75, 3.05) is 19.6 Å². The van der Waals surface area contributed by atoms with Gasteiger partial charge in [-0.3, -0.25) is 4.79 Å². The minimum absolute atomic E-state index is 0.0759. The van der Waals surface area contributed by atoms with E-state index >= 15 is 0 Å². The van der Waals surface area contributed by atoms with Gasteiger partial charge in [-0.2, -0.15) is 0 Å². The highest BCUT2D eigenvalue weighted by Gasteiger charge is 2.39. The molecule has 3 heterocycles. The molecule has 1 fully saturated rings. The summed E-state index contributed by atoms with van der Waals surface area (Å²) in [4.78, 5) is 25.9. The summed E-state index contributed by atoms with van der Waals surface area (Å²) in [7, 11) is 0. The highest BCUT2D eigenvalue weighted by Crippen LogP contribution is 2.37. The van der Waals surface area contributed by atoms with Crippen molar-refractivity contribution in [2.45, 2.75) is 45.7 Å². The summed E-state index contributed by atoms with van der Waals surface area (Å²) in [5.74, 6) is -0.124. The average Bonchev–Trinajstić information content (AvgIpc) is 3.24. The topological polar surface area (TPSA) is 74.6 Å². The van der Waals surface area contributed by atoms with Crippen LogP contribution >= 0.6 is 0 Å². The quantitative estimate of drug-likeness (QED) is 0.825. The van der Waals surface area contributed by atoms with E-state index in [1.807, 2.05) is 20.8 Å².